The first-order valence-electron chi connectivity index (χ1n) is 6.33. The monoisotopic (exact) mass is 285 g/mol. The van der Waals surface area contributed by atoms with Crippen LogP contribution in [0.5, 0.6) is 0 Å². The first kappa shape index (κ1) is 14.2. The number of ether oxygens (including phenoxy) is 1. The van der Waals surface area contributed by atoms with Gasteiger partial charge in [-0.25, -0.2) is 13.4 Å². The molecule has 2 heterocycles. The average Bonchev–Trinajstić information content (AvgIpc) is 2.47. The van der Waals surface area contributed by atoms with E-state index in [1.165, 1.54) is 10.5 Å². The van der Waals surface area contributed by atoms with Crippen LogP contribution < -0.4 is 5.32 Å². The molecule has 106 valence electrons. The Hall–Kier alpha value is -1.18. The lowest BCUT2D eigenvalue weighted by Crippen LogP contribution is -2.45. The second-order valence-corrected chi connectivity index (χ2v) is 6.33. The zero-order chi connectivity index (χ0) is 13.9. The van der Waals surface area contributed by atoms with E-state index in [0.717, 1.165) is 6.42 Å². The molecule has 1 unspecified atom stereocenters. The number of hydrogen-bond acceptors (Lipinski definition) is 5. The Bertz CT molecular complexity index is 516. The summed E-state index contributed by atoms with van der Waals surface area (Å²) in [5.74, 6) is 0.646. The Kier molecular flexibility index (Phi) is 4.38. The van der Waals surface area contributed by atoms with Crippen molar-refractivity contribution in [2.24, 2.45) is 0 Å². The van der Waals surface area contributed by atoms with Crippen LogP contribution in [0.3, 0.4) is 0 Å². The molecule has 1 aliphatic heterocycles. The van der Waals surface area contributed by atoms with Crippen LogP contribution in [0.1, 0.15) is 13.3 Å². The van der Waals surface area contributed by atoms with Gasteiger partial charge in [0.05, 0.1) is 12.7 Å². The molecule has 1 atom stereocenters. The quantitative estimate of drug-likeness (QED) is 0.891. The van der Waals surface area contributed by atoms with Crippen LogP contribution in [0.4, 0.5) is 5.82 Å². The zero-order valence-electron chi connectivity index (χ0n) is 11.2. The summed E-state index contributed by atoms with van der Waals surface area (Å²) < 4.78 is 31.9. The molecule has 0 aliphatic carbocycles. The van der Waals surface area contributed by atoms with E-state index in [9.17, 15) is 8.42 Å². The number of sulfonamides is 1. The van der Waals surface area contributed by atoms with E-state index >= 15 is 0 Å². The fourth-order valence-corrected chi connectivity index (χ4v) is 3.39. The van der Waals surface area contributed by atoms with E-state index in [4.69, 9.17) is 4.74 Å². The molecule has 0 bridgehead atoms. The summed E-state index contributed by atoms with van der Waals surface area (Å²) in [6.45, 7) is 3.24. The van der Waals surface area contributed by atoms with E-state index in [0.29, 0.717) is 25.5 Å². The summed E-state index contributed by atoms with van der Waals surface area (Å²) >= 11 is 0. The highest BCUT2D eigenvalue weighted by molar-refractivity contribution is 7.89. The molecule has 7 heteroatoms. The molecule has 0 aromatic carbocycles. The summed E-state index contributed by atoms with van der Waals surface area (Å²) in [6.07, 6.45) is 2.17. The number of hydrogen-bond donors (Lipinski definition) is 1. The minimum atomic E-state index is -3.47. The summed E-state index contributed by atoms with van der Waals surface area (Å²) in [5, 5.41) is 2.86. The molecular formula is C12H19N3O3S. The minimum absolute atomic E-state index is 0.0203. The predicted molar refractivity (Wildman–Crippen MR) is 72.6 cm³/mol. The number of rotatable bonds is 4. The topological polar surface area (TPSA) is 71.5 Å². The van der Waals surface area contributed by atoms with Crippen LogP contribution in [0, 0.1) is 0 Å². The SMILES string of the molecule is CCC1CN(S(=O)(=O)c2ccc(NC)nc2)CCO1. The molecule has 6 nitrogen and oxygen atoms in total. The van der Waals surface area contributed by atoms with Crippen LogP contribution in [0.2, 0.25) is 0 Å². The number of nitrogens with one attached hydrogen (secondary N) is 1. The van der Waals surface area contributed by atoms with Gasteiger partial charge in [0.15, 0.2) is 0 Å². The molecule has 1 saturated heterocycles. The highest BCUT2D eigenvalue weighted by Gasteiger charge is 2.30. The summed E-state index contributed by atoms with van der Waals surface area (Å²) in [5.41, 5.74) is 0. The molecule has 1 N–H and O–H groups in total. The van der Waals surface area contributed by atoms with Gasteiger partial charge in [-0.2, -0.15) is 4.31 Å². The molecule has 1 fully saturated rings. The van der Waals surface area contributed by atoms with E-state index in [1.807, 2.05) is 6.92 Å². The van der Waals surface area contributed by atoms with Crippen LogP contribution in [-0.4, -0.2) is 50.6 Å². The first-order valence-corrected chi connectivity index (χ1v) is 7.77. The third kappa shape index (κ3) is 3.05. The van der Waals surface area contributed by atoms with Gasteiger partial charge >= 0.3 is 0 Å². The van der Waals surface area contributed by atoms with Gasteiger partial charge in [-0.05, 0) is 18.6 Å². The molecule has 2 rings (SSSR count). The lowest BCUT2D eigenvalue weighted by atomic mass is 10.2. The molecule has 0 amide bonds. The van der Waals surface area contributed by atoms with Gasteiger partial charge in [-0.1, -0.05) is 6.92 Å². The average molecular weight is 285 g/mol. The fraction of sp³-hybridized carbons (Fsp3) is 0.583. The lowest BCUT2D eigenvalue weighted by molar-refractivity contribution is -0.00278. The molecule has 0 spiro atoms. The number of pyridine rings is 1. The number of morpholine rings is 1. The third-order valence-electron chi connectivity index (χ3n) is 3.19. The van der Waals surface area contributed by atoms with E-state index in [-0.39, 0.29) is 11.0 Å². The molecule has 19 heavy (non-hydrogen) atoms. The maximum absolute atomic E-state index is 12.5. The predicted octanol–water partition coefficient (Wildman–Crippen LogP) is 0.923. The zero-order valence-corrected chi connectivity index (χ0v) is 12.0. The Morgan fingerprint density at radius 2 is 2.32 bits per heavy atom. The van der Waals surface area contributed by atoms with Crippen molar-refractivity contribution in [3.05, 3.63) is 18.3 Å². The summed E-state index contributed by atoms with van der Waals surface area (Å²) in [6, 6.07) is 3.23. The van der Waals surface area contributed by atoms with Crippen LogP contribution in [0.25, 0.3) is 0 Å². The van der Waals surface area contributed by atoms with Crippen LogP contribution >= 0.6 is 0 Å². The van der Waals surface area contributed by atoms with Gasteiger partial charge in [0.1, 0.15) is 10.7 Å². The van der Waals surface area contributed by atoms with Gasteiger partial charge in [-0.3, -0.25) is 0 Å². The Morgan fingerprint density at radius 3 is 2.89 bits per heavy atom. The van der Waals surface area contributed by atoms with Crippen molar-refractivity contribution < 1.29 is 13.2 Å². The van der Waals surface area contributed by atoms with Crippen molar-refractivity contribution in [1.82, 2.24) is 9.29 Å². The number of nitrogens with zero attached hydrogens (tertiary/aromatic N) is 2. The van der Waals surface area contributed by atoms with E-state index < -0.39 is 10.0 Å². The van der Waals surface area contributed by atoms with Gasteiger partial charge in [0.2, 0.25) is 10.0 Å². The molecule has 0 saturated carbocycles. The molecule has 0 radical (unpaired) electrons. The Labute approximate surface area is 113 Å². The fourth-order valence-electron chi connectivity index (χ4n) is 1.99. The Morgan fingerprint density at radius 1 is 1.53 bits per heavy atom. The van der Waals surface area contributed by atoms with Crippen molar-refractivity contribution in [3.8, 4) is 0 Å². The van der Waals surface area contributed by atoms with E-state index in [1.54, 1.807) is 19.2 Å². The second-order valence-electron chi connectivity index (χ2n) is 4.39. The van der Waals surface area contributed by atoms with E-state index in [2.05, 4.69) is 10.3 Å². The number of anilines is 1. The van der Waals surface area contributed by atoms with Crippen molar-refractivity contribution in [2.45, 2.75) is 24.3 Å². The van der Waals surface area contributed by atoms with Gasteiger partial charge in [0, 0.05) is 26.3 Å². The maximum Gasteiger partial charge on any atom is 0.244 e. The third-order valence-corrected chi connectivity index (χ3v) is 5.04. The van der Waals surface area contributed by atoms with Crippen molar-refractivity contribution in [2.75, 3.05) is 32.1 Å². The van der Waals surface area contributed by atoms with Crippen molar-refractivity contribution >= 4 is 15.8 Å². The smallest absolute Gasteiger partial charge is 0.244 e. The summed E-state index contributed by atoms with van der Waals surface area (Å²) in [7, 11) is -1.73. The molecular weight excluding hydrogens is 266 g/mol. The van der Waals surface area contributed by atoms with Crippen molar-refractivity contribution in [1.29, 1.82) is 0 Å². The largest absolute Gasteiger partial charge is 0.375 e. The minimum Gasteiger partial charge on any atom is -0.375 e. The van der Waals surface area contributed by atoms with Crippen molar-refractivity contribution in [3.63, 3.8) is 0 Å². The molecule has 1 aliphatic rings. The highest BCUT2D eigenvalue weighted by atomic mass is 32.2. The Balaban J connectivity index is 2.20. The molecule has 1 aromatic rings. The standard InChI is InChI=1S/C12H19N3O3S/c1-3-10-9-15(6-7-18-10)19(16,17)11-4-5-12(13-2)14-8-11/h4-5,8,10H,3,6-7,9H2,1-2H3,(H,13,14). The van der Waals surface area contributed by atoms with Gasteiger partial charge < -0.3 is 10.1 Å². The van der Waals surface area contributed by atoms with Crippen LogP contribution in [-0.2, 0) is 14.8 Å². The van der Waals surface area contributed by atoms with Gasteiger partial charge in [-0.15, -0.1) is 0 Å². The highest BCUT2D eigenvalue weighted by Crippen LogP contribution is 2.19. The van der Waals surface area contributed by atoms with Gasteiger partial charge in [0.25, 0.3) is 0 Å². The normalized spacial score (nSPS) is 21.3. The second kappa shape index (κ2) is 5.85. The maximum atomic E-state index is 12.5. The van der Waals surface area contributed by atoms with Crippen LogP contribution in [0.15, 0.2) is 23.2 Å². The molecule has 1 aromatic heterocycles. The summed E-state index contributed by atoms with van der Waals surface area (Å²) in [4.78, 5) is 4.27. The lowest BCUT2D eigenvalue weighted by Gasteiger charge is -2.31. The first-order chi connectivity index (χ1) is 9.07. The number of aromatic nitrogens is 1.